The Kier molecular flexibility index (Phi) is 18.0. The zero-order valence-electron chi connectivity index (χ0n) is 51.7. The fourth-order valence-electron chi connectivity index (χ4n) is 17.0. The number of aliphatic hydroxyl groups excluding tert-OH is 1. The number of ketones is 1. The first-order chi connectivity index (χ1) is 44.0. The summed E-state index contributed by atoms with van der Waals surface area (Å²) in [6, 6.07) is 40.6. The summed E-state index contributed by atoms with van der Waals surface area (Å²) in [5.74, 6) is -2.93. The highest BCUT2D eigenvalue weighted by molar-refractivity contribution is 5.92. The molecule has 4 aliphatic heterocycles. The Balaban J connectivity index is 0.786. The van der Waals surface area contributed by atoms with E-state index in [0.717, 1.165) is 32.1 Å². The summed E-state index contributed by atoms with van der Waals surface area (Å²) < 4.78 is 71.1. The number of hydrogen-bond acceptors (Lipinski definition) is 18. The van der Waals surface area contributed by atoms with Gasteiger partial charge in [0, 0.05) is 24.7 Å². The van der Waals surface area contributed by atoms with Gasteiger partial charge in [-0.3, -0.25) is 4.79 Å². The molecule has 5 aromatic rings. The molecule has 18 nitrogen and oxygen atoms in total. The lowest BCUT2D eigenvalue weighted by Crippen LogP contribution is -2.63. The zero-order chi connectivity index (χ0) is 63.2. The van der Waals surface area contributed by atoms with Crippen LogP contribution in [0.4, 0.5) is 0 Å². The molecule has 1 N–H and O–H groups in total. The fraction of sp³-hybridized carbons (Fsp3) is 0.507. The average molecular weight is 1250 g/mol. The molecule has 5 aromatic carbocycles. The van der Waals surface area contributed by atoms with Gasteiger partial charge in [0.05, 0.1) is 59.8 Å². The summed E-state index contributed by atoms with van der Waals surface area (Å²) >= 11 is 0. The van der Waals surface area contributed by atoms with Gasteiger partial charge in [0.25, 0.3) is 0 Å². The third kappa shape index (κ3) is 12.3. The molecular formula is C73H80O18. The van der Waals surface area contributed by atoms with Crippen LogP contribution in [0.3, 0.4) is 0 Å². The molecule has 8 aliphatic rings. The molecule has 8 fully saturated rings. The molecule has 21 atom stereocenters. The standard InChI is InChI=1S/C73H80O18/c1-42-30-35-73(83-39-42)43(2)58-55(91-73)38-52-50-37-54(74)53-36-49(31-33-71(53,3)51(50)32-34-72(52,58)4)84-70-63(90-68(80)48-28-18-9-19-29-48)61(88-66(78)46-24-14-7-15-25-46)59(75)56(86-70)40-81-69-62(89-67(79)47-26-16-8-17-27-47)60(87-65(77)45-22-12-6-13-23-45)57(41-82-69)85-64(76)44-20-10-5-11-21-44/h5-29,42-43,49-53,55-63,69-70,75H,30-41H2,1-4H3/t42-,43+,49+,50-,51+,52+,53-,55+,56-,57+,58+,59-,60+,61+,62-,63-,69-,70-,71-,72+,73-/m1/s1. The van der Waals surface area contributed by atoms with Crippen molar-refractivity contribution in [2.45, 2.75) is 159 Å². The van der Waals surface area contributed by atoms with Crippen molar-refractivity contribution in [2.24, 2.45) is 52.3 Å². The molecule has 480 valence electrons. The normalized spacial score (nSPS) is 37.4. The van der Waals surface area contributed by atoms with Gasteiger partial charge in [-0.1, -0.05) is 119 Å². The Hall–Kier alpha value is -7.16. The van der Waals surface area contributed by atoms with E-state index in [2.05, 4.69) is 27.7 Å². The van der Waals surface area contributed by atoms with Crippen LogP contribution < -0.4 is 0 Å². The van der Waals surface area contributed by atoms with Crippen molar-refractivity contribution in [1.29, 1.82) is 0 Å². The maximum Gasteiger partial charge on any atom is 0.338 e. The summed E-state index contributed by atoms with van der Waals surface area (Å²) in [4.78, 5) is 85.6. The van der Waals surface area contributed by atoms with E-state index in [1.54, 1.807) is 127 Å². The number of rotatable bonds is 15. The van der Waals surface area contributed by atoms with Gasteiger partial charge in [0.15, 0.2) is 48.9 Å². The van der Waals surface area contributed by atoms with E-state index in [0.29, 0.717) is 56.0 Å². The first-order valence-corrected chi connectivity index (χ1v) is 32.4. The Morgan fingerprint density at radius 1 is 0.549 bits per heavy atom. The number of Topliss-reactive ketones (excluding diaryl/α,β-unsaturated/α-hetero) is 1. The SMILES string of the molecule is C[C@@H]1CC[C@@]2(OC1)O[C@H]1C[C@H]3[C@@H]4CC(=O)[C@H]5C[C@@H](O[C@@H]6O[C@H](CO[C@@H]7OC[C@H](OC(=O)c8ccccc8)[C@H](OC(=O)c8ccccc8)[C@H]7OC(=O)c7ccccc7)[C@@H](O)[C@H](OC(=O)c7ccccc7)[C@H]6OC(=O)c6ccccc6)CC[C@]5(C)[C@H]4CC[C@]3(C)[C@H]1[C@@H]2C. The molecule has 4 aliphatic carbocycles. The highest BCUT2D eigenvalue weighted by atomic mass is 16.8. The number of aliphatic hydroxyl groups is 1. The van der Waals surface area contributed by atoms with Crippen molar-refractivity contribution < 1.29 is 86.0 Å². The minimum Gasteiger partial charge on any atom is -0.452 e. The van der Waals surface area contributed by atoms with E-state index in [1.807, 2.05) is 0 Å². The van der Waals surface area contributed by atoms with Crippen molar-refractivity contribution in [3.63, 3.8) is 0 Å². The monoisotopic (exact) mass is 1240 g/mol. The van der Waals surface area contributed by atoms with Crippen LogP contribution in [-0.2, 0) is 56.9 Å². The smallest absolute Gasteiger partial charge is 0.338 e. The second-order valence-electron chi connectivity index (χ2n) is 27.0. The molecule has 18 heteroatoms. The summed E-state index contributed by atoms with van der Waals surface area (Å²) in [6.45, 7) is 9.00. The Morgan fingerprint density at radius 2 is 1.04 bits per heavy atom. The summed E-state index contributed by atoms with van der Waals surface area (Å²) in [5, 5.41) is 12.7. The van der Waals surface area contributed by atoms with Gasteiger partial charge < -0.3 is 57.2 Å². The number of benzene rings is 5. The maximum absolute atomic E-state index is 15.1. The van der Waals surface area contributed by atoms with Crippen molar-refractivity contribution in [1.82, 2.24) is 0 Å². The topological polar surface area (TPSA) is 224 Å². The molecule has 13 rings (SSSR count). The van der Waals surface area contributed by atoms with Gasteiger partial charge in [-0.2, -0.15) is 0 Å². The number of hydrogen-bond donors (Lipinski definition) is 1. The second-order valence-corrected chi connectivity index (χ2v) is 27.0. The molecule has 0 radical (unpaired) electrons. The average Bonchev–Trinajstić information content (AvgIpc) is 1.58. The first kappa shape index (κ1) is 62.6. The summed E-state index contributed by atoms with van der Waals surface area (Å²) in [7, 11) is 0. The molecule has 0 aromatic heterocycles. The largest absolute Gasteiger partial charge is 0.452 e. The number of carbonyl (C=O) groups excluding carboxylic acids is 6. The minimum atomic E-state index is -1.81. The van der Waals surface area contributed by atoms with Crippen LogP contribution in [-0.4, -0.2) is 134 Å². The van der Waals surface area contributed by atoms with Crippen LogP contribution in [0.5, 0.6) is 0 Å². The molecule has 0 amide bonds. The van der Waals surface area contributed by atoms with E-state index >= 15 is 4.79 Å². The predicted octanol–water partition coefficient (Wildman–Crippen LogP) is 10.6. The summed E-state index contributed by atoms with van der Waals surface area (Å²) in [5.41, 5.74) is 0.434. The lowest BCUT2D eigenvalue weighted by atomic mass is 9.44. The van der Waals surface area contributed by atoms with Gasteiger partial charge in [0.1, 0.15) is 18.0 Å². The van der Waals surface area contributed by atoms with Gasteiger partial charge in [0.2, 0.25) is 0 Å². The van der Waals surface area contributed by atoms with E-state index < -0.39 is 110 Å². The van der Waals surface area contributed by atoms with Gasteiger partial charge in [-0.05, 0) is 146 Å². The number of esters is 5. The van der Waals surface area contributed by atoms with Crippen LogP contribution >= 0.6 is 0 Å². The quantitative estimate of drug-likeness (QED) is 0.0584. The molecule has 4 saturated heterocycles. The molecule has 4 saturated carbocycles. The molecule has 0 bridgehead atoms. The van der Waals surface area contributed by atoms with Crippen LogP contribution in [0.15, 0.2) is 152 Å². The number of carbonyl (C=O) groups is 6. The number of fused-ring (bicyclic) bond motifs is 7. The van der Waals surface area contributed by atoms with Crippen molar-refractivity contribution in [3.8, 4) is 0 Å². The third-order valence-electron chi connectivity index (χ3n) is 21.7. The lowest BCUT2D eigenvalue weighted by molar-refractivity contribution is -0.328. The minimum absolute atomic E-state index is 0.00807. The van der Waals surface area contributed by atoms with Crippen molar-refractivity contribution >= 4 is 35.6 Å². The van der Waals surface area contributed by atoms with Crippen LogP contribution in [0.2, 0.25) is 0 Å². The van der Waals surface area contributed by atoms with E-state index in [-0.39, 0.29) is 68.3 Å². The summed E-state index contributed by atoms with van der Waals surface area (Å²) in [6.07, 6.45) is -7.90. The Bertz CT molecular complexity index is 3400. The van der Waals surface area contributed by atoms with E-state index in [4.69, 9.17) is 52.1 Å². The van der Waals surface area contributed by atoms with Crippen molar-refractivity contribution in [2.75, 3.05) is 19.8 Å². The van der Waals surface area contributed by atoms with E-state index in [9.17, 15) is 29.1 Å². The van der Waals surface area contributed by atoms with E-state index in [1.165, 1.54) is 24.3 Å². The zero-order valence-corrected chi connectivity index (χ0v) is 51.7. The first-order valence-electron chi connectivity index (χ1n) is 32.4. The highest BCUT2D eigenvalue weighted by Gasteiger charge is 2.70. The van der Waals surface area contributed by atoms with Crippen molar-refractivity contribution in [3.05, 3.63) is 179 Å². The lowest BCUT2D eigenvalue weighted by Gasteiger charge is -2.60. The fourth-order valence-corrected chi connectivity index (χ4v) is 17.0. The molecule has 1 spiro atoms. The molecule has 4 heterocycles. The van der Waals surface area contributed by atoms with Gasteiger partial charge >= 0.3 is 29.8 Å². The van der Waals surface area contributed by atoms with Gasteiger partial charge in [-0.15, -0.1) is 0 Å². The predicted molar refractivity (Wildman–Crippen MR) is 326 cm³/mol. The maximum atomic E-state index is 15.1. The van der Waals surface area contributed by atoms with Gasteiger partial charge in [-0.25, -0.2) is 24.0 Å². The second kappa shape index (κ2) is 26.1. The third-order valence-corrected chi connectivity index (χ3v) is 21.7. The van der Waals surface area contributed by atoms with Crippen LogP contribution in [0, 0.1) is 52.3 Å². The molecule has 91 heavy (non-hydrogen) atoms. The van der Waals surface area contributed by atoms with Crippen LogP contribution in [0.1, 0.15) is 137 Å². The highest BCUT2D eigenvalue weighted by Crippen LogP contribution is 2.71. The van der Waals surface area contributed by atoms with Crippen LogP contribution in [0.25, 0.3) is 0 Å². The molecule has 0 unspecified atom stereocenters. The Labute approximate surface area is 529 Å². The number of ether oxygens (including phenoxy) is 11. The molecular weight excluding hydrogens is 1160 g/mol. The Morgan fingerprint density at radius 3 is 1.57 bits per heavy atom.